The normalized spacial score (nSPS) is 11.2. The molecular formula is C26H20OS. The summed E-state index contributed by atoms with van der Waals surface area (Å²) in [6.07, 6.45) is 0. The van der Waals surface area contributed by atoms with E-state index < -0.39 is 0 Å². The van der Waals surface area contributed by atoms with E-state index >= 15 is 0 Å². The van der Waals surface area contributed by atoms with Crippen molar-refractivity contribution < 1.29 is 4.74 Å². The Hall–Kier alpha value is -3.10. The van der Waals surface area contributed by atoms with E-state index in [-0.39, 0.29) is 0 Å². The summed E-state index contributed by atoms with van der Waals surface area (Å²) >= 11 is 1.86. The number of rotatable bonds is 4. The monoisotopic (exact) mass is 380 g/mol. The van der Waals surface area contributed by atoms with Crippen LogP contribution in [0, 0.1) is 0 Å². The first-order valence-electron chi connectivity index (χ1n) is 9.57. The summed E-state index contributed by atoms with van der Waals surface area (Å²) in [6.45, 7) is 2.70. The number of hydrogen-bond donors (Lipinski definition) is 0. The molecule has 1 nitrogen and oxygen atoms in total. The summed E-state index contributed by atoms with van der Waals surface area (Å²) in [5.74, 6) is 0.916. The molecule has 0 bridgehead atoms. The minimum Gasteiger partial charge on any atom is -0.494 e. The van der Waals surface area contributed by atoms with E-state index in [1.165, 1.54) is 42.4 Å². The molecule has 0 fully saturated rings. The lowest BCUT2D eigenvalue weighted by Crippen LogP contribution is -1.90. The average molecular weight is 381 g/mol. The number of thiophene rings is 1. The Morgan fingerprint density at radius 1 is 0.607 bits per heavy atom. The van der Waals surface area contributed by atoms with Crippen LogP contribution in [-0.2, 0) is 0 Å². The first-order chi connectivity index (χ1) is 13.8. The lowest BCUT2D eigenvalue weighted by atomic mass is 9.99. The standard InChI is InChI=1S/C26H20OS/c1-2-27-22-14-11-19(12-15-22)18-7-9-20(10-8-18)21-13-16-24-23-5-3-4-6-25(23)28-26(24)17-21/h3-17H,2H2,1H3. The van der Waals surface area contributed by atoms with Crippen LogP contribution in [0.5, 0.6) is 5.75 Å². The van der Waals surface area contributed by atoms with Gasteiger partial charge in [-0.05, 0) is 53.4 Å². The minimum atomic E-state index is 0.693. The van der Waals surface area contributed by atoms with Gasteiger partial charge in [-0.25, -0.2) is 0 Å². The predicted molar refractivity (Wildman–Crippen MR) is 121 cm³/mol. The van der Waals surface area contributed by atoms with Crippen LogP contribution in [-0.4, -0.2) is 6.61 Å². The van der Waals surface area contributed by atoms with E-state index in [4.69, 9.17) is 4.74 Å². The van der Waals surface area contributed by atoms with E-state index in [2.05, 4.69) is 78.9 Å². The zero-order valence-corrected chi connectivity index (χ0v) is 16.5. The minimum absolute atomic E-state index is 0.693. The van der Waals surface area contributed by atoms with Gasteiger partial charge in [0.2, 0.25) is 0 Å². The summed E-state index contributed by atoms with van der Waals surface area (Å²) in [7, 11) is 0. The van der Waals surface area contributed by atoms with Crippen LogP contribution in [0.4, 0.5) is 0 Å². The summed E-state index contributed by atoms with van der Waals surface area (Å²) in [5, 5.41) is 2.69. The van der Waals surface area contributed by atoms with Crippen molar-refractivity contribution in [3.63, 3.8) is 0 Å². The van der Waals surface area contributed by atoms with E-state index in [1.807, 2.05) is 30.4 Å². The molecule has 0 spiro atoms. The summed E-state index contributed by atoms with van der Waals surface area (Å²) in [6, 6.07) is 32.5. The fraction of sp³-hybridized carbons (Fsp3) is 0.0769. The molecule has 0 saturated carbocycles. The van der Waals surface area contributed by atoms with Crippen molar-refractivity contribution in [3.8, 4) is 28.0 Å². The van der Waals surface area contributed by atoms with Gasteiger partial charge in [-0.15, -0.1) is 11.3 Å². The molecule has 4 aromatic carbocycles. The van der Waals surface area contributed by atoms with Crippen LogP contribution in [0.1, 0.15) is 6.92 Å². The van der Waals surface area contributed by atoms with Gasteiger partial charge in [-0.2, -0.15) is 0 Å². The Balaban J connectivity index is 1.47. The molecule has 0 aliphatic heterocycles. The second-order valence-electron chi connectivity index (χ2n) is 6.84. The van der Waals surface area contributed by atoms with Crippen LogP contribution in [0.25, 0.3) is 42.4 Å². The molecule has 28 heavy (non-hydrogen) atoms. The zero-order valence-electron chi connectivity index (χ0n) is 15.7. The SMILES string of the molecule is CCOc1ccc(-c2ccc(-c3ccc4c(c3)sc3ccccc34)cc2)cc1. The highest BCUT2D eigenvalue weighted by Crippen LogP contribution is 2.36. The van der Waals surface area contributed by atoms with Crippen LogP contribution >= 0.6 is 11.3 Å². The summed E-state index contributed by atoms with van der Waals surface area (Å²) in [4.78, 5) is 0. The number of ether oxygens (including phenoxy) is 1. The predicted octanol–water partition coefficient (Wildman–Crippen LogP) is 7.79. The Kier molecular flexibility index (Phi) is 4.34. The Morgan fingerprint density at radius 2 is 1.18 bits per heavy atom. The second kappa shape index (κ2) is 7.14. The third-order valence-electron chi connectivity index (χ3n) is 5.10. The summed E-state index contributed by atoms with van der Waals surface area (Å²) in [5.41, 5.74) is 4.93. The van der Waals surface area contributed by atoms with Gasteiger partial charge in [0.1, 0.15) is 5.75 Å². The van der Waals surface area contributed by atoms with Gasteiger partial charge in [0, 0.05) is 20.2 Å². The molecule has 1 heterocycles. The summed E-state index contributed by atoms with van der Waals surface area (Å²) < 4.78 is 8.22. The fourth-order valence-electron chi connectivity index (χ4n) is 3.67. The lowest BCUT2D eigenvalue weighted by Gasteiger charge is -2.07. The molecule has 5 rings (SSSR count). The van der Waals surface area contributed by atoms with E-state index in [0.29, 0.717) is 6.61 Å². The molecule has 0 N–H and O–H groups in total. The Morgan fingerprint density at radius 3 is 1.89 bits per heavy atom. The molecule has 0 radical (unpaired) electrons. The molecule has 1 aromatic heterocycles. The molecule has 0 amide bonds. The van der Waals surface area contributed by atoms with Crippen molar-refractivity contribution in [2.45, 2.75) is 6.92 Å². The highest BCUT2D eigenvalue weighted by molar-refractivity contribution is 7.25. The second-order valence-corrected chi connectivity index (χ2v) is 7.93. The largest absolute Gasteiger partial charge is 0.494 e. The molecule has 0 unspecified atom stereocenters. The van der Waals surface area contributed by atoms with E-state index in [1.54, 1.807) is 0 Å². The van der Waals surface area contributed by atoms with Crippen molar-refractivity contribution in [1.29, 1.82) is 0 Å². The average Bonchev–Trinajstić information content (AvgIpc) is 3.12. The van der Waals surface area contributed by atoms with Crippen molar-refractivity contribution in [2.75, 3.05) is 6.61 Å². The molecular weight excluding hydrogens is 360 g/mol. The van der Waals surface area contributed by atoms with Gasteiger partial charge >= 0.3 is 0 Å². The molecule has 5 aromatic rings. The zero-order chi connectivity index (χ0) is 18.9. The van der Waals surface area contributed by atoms with Gasteiger partial charge in [-0.1, -0.05) is 66.7 Å². The van der Waals surface area contributed by atoms with Gasteiger partial charge in [0.25, 0.3) is 0 Å². The third kappa shape index (κ3) is 3.06. The van der Waals surface area contributed by atoms with Gasteiger partial charge in [0.05, 0.1) is 6.61 Å². The number of benzene rings is 4. The van der Waals surface area contributed by atoms with Crippen LogP contribution in [0.2, 0.25) is 0 Å². The van der Waals surface area contributed by atoms with Crippen LogP contribution in [0.15, 0.2) is 91.0 Å². The van der Waals surface area contributed by atoms with Gasteiger partial charge in [0.15, 0.2) is 0 Å². The number of hydrogen-bond acceptors (Lipinski definition) is 2. The van der Waals surface area contributed by atoms with Gasteiger partial charge < -0.3 is 4.74 Å². The Labute approximate surface area is 168 Å². The lowest BCUT2D eigenvalue weighted by molar-refractivity contribution is 0.340. The quantitative estimate of drug-likeness (QED) is 0.309. The highest BCUT2D eigenvalue weighted by atomic mass is 32.1. The fourth-order valence-corrected chi connectivity index (χ4v) is 4.82. The molecule has 0 atom stereocenters. The van der Waals surface area contributed by atoms with Crippen molar-refractivity contribution in [2.24, 2.45) is 0 Å². The maximum Gasteiger partial charge on any atom is 0.119 e. The van der Waals surface area contributed by atoms with Crippen LogP contribution < -0.4 is 4.74 Å². The highest BCUT2D eigenvalue weighted by Gasteiger charge is 2.07. The van der Waals surface area contributed by atoms with Crippen LogP contribution in [0.3, 0.4) is 0 Å². The van der Waals surface area contributed by atoms with Crippen molar-refractivity contribution in [3.05, 3.63) is 91.0 Å². The van der Waals surface area contributed by atoms with E-state index in [0.717, 1.165) is 5.75 Å². The van der Waals surface area contributed by atoms with E-state index in [9.17, 15) is 0 Å². The number of fused-ring (bicyclic) bond motifs is 3. The smallest absolute Gasteiger partial charge is 0.119 e. The third-order valence-corrected chi connectivity index (χ3v) is 6.23. The first kappa shape index (κ1) is 17.0. The molecule has 0 aliphatic rings. The first-order valence-corrected chi connectivity index (χ1v) is 10.4. The molecule has 136 valence electrons. The molecule has 0 saturated heterocycles. The molecule has 2 heteroatoms. The van der Waals surface area contributed by atoms with Crippen molar-refractivity contribution >= 4 is 31.5 Å². The maximum absolute atomic E-state index is 5.53. The molecule has 0 aliphatic carbocycles. The Bertz CT molecular complexity index is 1250. The van der Waals surface area contributed by atoms with Crippen molar-refractivity contribution in [1.82, 2.24) is 0 Å². The van der Waals surface area contributed by atoms with Gasteiger partial charge in [-0.3, -0.25) is 0 Å². The maximum atomic E-state index is 5.53. The topological polar surface area (TPSA) is 9.23 Å².